The van der Waals surface area contributed by atoms with E-state index >= 15 is 0 Å². The normalized spacial score (nSPS) is 12.1. The number of nitrogens with one attached hydrogen (secondary N) is 1. The van der Waals surface area contributed by atoms with E-state index in [4.69, 9.17) is 5.11 Å². The Morgan fingerprint density at radius 3 is 2.76 bits per heavy atom. The Bertz CT molecular complexity index is 405. The maximum Gasteiger partial charge on any atom is 0.303 e. The first kappa shape index (κ1) is 14.2. The third-order valence-electron chi connectivity index (χ3n) is 2.42. The van der Waals surface area contributed by atoms with Gasteiger partial charge in [0.05, 0.1) is 9.35 Å². The van der Waals surface area contributed by atoms with Crippen LogP contribution in [0.25, 0.3) is 0 Å². The van der Waals surface area contributed by atoms with Crippen molar-refractivity contribution in [2.24, 2.45) is 5.92 Å². The predicted octanol–water partition coefficient (Wildman–Crippen LogP) is 2.74. The van der Waals surface area contributed by atoms with Crippen LogP contribution in [-0.2, 0) is 4.79 Å². The Kier molecular flexibility index (Phi) is 5.64. The lowest BCUT2D eigenvalue weighted by atomic mass is 10.0. The minimum absolute atomic E-state index is 0.0153. The van der Waals surface area contributed by atoms with Crippen molar-refractivity contribution >= 4 is 39.1 Å². The zero-order valence-electron chi connectivity index (χ0n) is 9.40. The van der Waals surface area contributed by atoms with Crippen molar-refractivity contribution < 1.29 is 14.7 Å². The Morgan fingerprint density at radius 1 is 1.59 bits per heavy atom. The van der Waals surface area contributed by atoms with Crippen LogP contribution >= 0.6 is 27.3 Å². The smallest absolute Gasteiger partial charge is 0.303 e. The molecule has 1 amide bonds. The maximum atomic E-state index is 11.7. The fourth-order valence-corrected chi connectivity index (χ4v) is 2.51. The highest BCUT2D eigenvalue weighted by atomic mass is 79.9. The zero-order chi connectivity index (χ0) is 12.8. The van der Waals surface area contributed by atoms with Gasteiger partial charge in [0.1, 0.15) is 0 Å². The van der Waals surface area contributed by atoms with Crippen LogP contribution in [0.4, 0.5) is 0 Å². The minimum Gasteiger partial charge on any atom is -0.481 e. The van der Waals surface area contributed by atoms with Crippen LogP contribution < -0.4 is 5.32 Å². The van der Waals surface area contributed by atoms with E-state index in [0.717, 1.165) is 10.2 Å². The van der Waals surface area contributed by atoms with Gasteiger partial charge in [-0.05, 0) is 27.9 Å². The predicted molar refractivity (Wildman–Crippen MR) is 70.4 cm³/mol. The topological polar surface area (TPSA) is 66.4 Å². The summed E-state index contributed by atoms with van der Waals surface area (Å²) in [7, 11) is 0. The lowest BCUT2D eigenvalue weighted by Crippen LogP contribution is -2.29. The molecule has 17 heavy (non-hydrogen) atoms. The van der Waals surface area contributed by atoms with Crippen LogP contribution in [0.15, 0.2) is 15.2 Å². The van der Waals surface area contributed by atoms with E-state index in [1.54, 1.807) is 11.4 Å². The lowest BCUT2D eigenvalue weighted by molar-refractivity contribution is -0.138. The van der Waals surface area contributed by atoms with E-state index in [1.165, 1.54) is 11.3 Å². The van der Waals surface area contributed by atoms with E-state index in [9.17, 15) is 9.59 Å². The van der Waals surface area contributed by atoms with Crippen molar-refractivity contribution in [3.05, 3.63) is 20.8 Å². The third kappa shape index (κ3) is 4.87. The highest BCUT2D eigenvalue weighted by Gasteiger charge is 2.13. The van der Waals surface area contributed by atoms with Gasteiger partial charge in [0, 0.05) is 18.3 Å². The Labute approximate surface area is 112 Å². The first-order valence-electron chi connectivity index (χ1n) is 5.27. The number of halogens is 1. The van der Waals surface area contributed by atoms with E-state index in [1.807, 2.05) is 6.92 Å². The number of aliphatic carboxylic acids is 1. The number of thiophene rings is 1. The fraction of sp³-hybridized carbons (Fsp3) is 0.455. The summed E-state index contributed by atoms with van der Waals surface area (Å²) in [6, 6.07) is 1.75. The van der Waals surface area contributed by atoms with E-state index in [0.29, 0.717) is 12.1 Å². The molecule has 1 heterocycles. The van der Waals surface area contributed by atoms with Gasteiger partial charge in [0.25, 0.3) is 5.91 Å². The van der Waals surface area contributed by atoms with E-state index in [-0.39, 0.29) is 18.2 Å². The largest absolute Gasteiger partial charge is 0.481 e. The Hall–Kier alpha value is -0.880. The Morgan fingerprint density at radius 2 is 2.29 bits per heavy atom. The summed E-state index contributed by atoms with van der Waals surface area (Å²) in [6.07, 6.45) is 0.823. The number of carbonyl (C=O) groups is 2. The van der Waals surface area contributed by atoms with Crippen molar-refractivity contribution in [3.8, 4) is 0 Å². The summed E-state index contributed by atoms with van der Waals surface area (Å²) in [5.41, 5.74) is 0.604. The quantitative estimate of drug-likeness (QED) is 0.847. The molecule has 0 spiro atoms. The number of hydrogen-bond acceptors (Lipinski definition) is 3. The number of carboxylic acid groups (broad SMARTS) is 1. The first-order chi connectivity index (χ1) is 8.02. The molecular formula is C11H14BrNO3S. The van der Waals surface area contributed by atoms with Gasteiger partial charge < -0.3 is 10.4 Å². The summed E-state index contributed by atoms with van der Waals surface area (Å²) in [6.45, 7) is 2.32. The van der Waals surface area contributed by atoms with Crippen LogP contribution in [0.3, 0.4) is 0 Å². The SMILES string of the molecule is CCC(CNC(=O)c1csc(Br)c1)CC(=O)O. The maximum absolute atomic E-state index is 11.7. The number of hydrogen-bond donors (Lipinski definition) is 2. The second kappa shape index (κ2) is 6.76. The lowest BCUT2D eigenvalue weighted by Gasteiger charge is -2.12. The van der Waals surface area contributed by atoms with Gasteiger partial charge in [0.15, 0.2) is 0 Å². The average Bonchev–Trinajstić information content (AvgIpc) is 2.70. The molecule has 0 saturated carbocycles. The van der Waals surface area contributed by atoms with Crippen LogP contribution in [0.1, 0.15) is 30.1 Å². The van der Waals surface area contributed by atoms with Crippen LogP contribution in [0.2, 0.25) is 0 Å². The van der Waals surface area contributed by atoms with Gasteiger partial charge in [-0.3, -0.25) is 9.59 Å². The molecule has 2 N–H and O–H groups in total. The first-order valence-corrected chi connectivity index (χ1v) is 6.94. The molecule has 0 aliphatic rings. The standard InChI is InChI=1S/C11H14BrNO3S/c1-2-7(3-10(14)15)5-13-11(16)8-4-9(12)17-6-8/h4,6-7H,2-3,5H2,1H3,(H,13,16)(H,14,15). The molecule has 0 aromatic carbocycles. The summed E-state index contributed by atoms with van der Waals surface area (Å²) in [5.74, 6) is -1.00. The molecule has 1 rings (SSSR count). The van der Waals surface area contributed by atoms with Crippen molar-refractivity contribution in [3.63, 3.8) is 0 Å². The molecule has 0 aliphatic heterocycles. The van der Waals surface area contributed by atoms with Gasteiger partial charge in [-0.2, -0.15) is 0 Å². The van der Waals surface area contributed by atoms with Crippen molar-refractivity contribution in [2.45, 2.75) is 19.8 Å². The third-order valence-corrected chi connectivity index (χ3v) is 3.93. The molecule has 1 aromatic heterocycles. The van der Waals surface area contributed by atoms with Gasteiger partial charge in [-0.25, -0.2) is 0 Å². The second-order valence-corrected chi connectivity index (χ2v) is 6.01. The second-order valence-electron chi connectivity index (χ2n) is 3.72. The molecule has 94 valence electrons. The molecule has 1 aromatic rings. The Balaban J connectivity index is 2.44. The fourth-order valence-electron chi connectivity index (χ4n) is 1.38. The van der Waals surface area contributed by atoms with Crippen molar-refractivity contribution in [1.82, 2.24) is 5.32 Å². The summed E-state index contributed by atoms with van der Waals surface area (Å²) in [4.78, 5) is 22.3. The molecule has 0 fully saturated rings. The van der Waals surface area contributed by atoms with E-state index < -0.39 is 5.97 Å². The highest BCUT2D eigenvalue weighted by molar-refractivity contribution is 9.11. The monoisotopic (exact) mass is 319 g/mol. The number of carbonyl (C=O) groups excluding carboxylic acids is 1. The van der Waals surface area contributed by atoms with Crippen LogP contribution in [0.5, 0.6) is 0 Å². The molecule has 0 aliphatic carbocycles. The molecule has 6 heteroatoms. The molecule has 0 bridgehead atoms. The molecule has 0 radical (unpaired) electrons. The molecule has 0 saturated heterocycles. The van der Waals surface area contributed by atoms with Gasteiger partial charge in [-0.1, -0.05) is 13.3 Å². The molecule has 1 unspecified atom stereocenters. The van der Waals surface area contributed by atoms with Gasteiger partial charge in [-0.15, -0.1) is 11.3 Å². The zero-order valence-corrected chi connectivity index (χ0v) is 11.8. The minimum atomic E-state index is -0.829. The highest BCUT2D eigenvalue weighted by Crippen LogP contribution is 2.20. The van der Waals surface area contributed by atoms with Crippen molar-refractivity contribution in [2.75, 3.05) is 6.54 Å². The number of rotatable bonds is 6. The van der Waals surface area contributed by atoms with Gasteiger partial charge in [0.2, 0.25) is 0 Å². The summed E-state index contributed by atoms with van der Waals surface area (Å²) in [5, 5.41) is 13.2. The van der Waals surface area contributed by atoms with Crippen molar-refractivity contribution in [1.29, 1.82) is 0 Å². The van der Waals surface area contributed by atoms with Crippen LogP contribution in [-0.4, -0.2) is 23.5 Å². The summed E-state index contributed by atoms with van der Waals surface area (Å²) < 4.78 is 0.903. The molecule has 4 nitrogen and oxygen atoms in total. The molecule has 1 atom stereocenters. The van der Waals surface area contributed by atoms with E-state index in [2.05, 4.69) is 21.2 Å². The molecular weight excluding hydrogens is 306 g/mol. The number of carboxylic acids is 1. The van der Waals surface area contributed by atoms with Crippen LogP contribution in [0, 0.1) is 5.92 Å². The summed E-state index contributed by atoms with van der Waals surface area (Å²) >= 11 is 4.73. The van der Waals surface area contributed by atoms with Gasteiger partial charge >= 0.3 is 5.97 Å². The number of amides is 1. The average molecular weight is 320 g/mol.